The van der Waals surface area contributed by atoms with Crippen molar-refractivity contribution in [2.75, 3.05) is 0 Å². The van der Waals surface area contributed by atoms with Gasteiger partial charge < -0.3 is 5.73 Å². The molecule has 3 aromatic rings. The molecule has 20 heavy (non-hydrogen) atoms. The fourth-order valence-corrected chi connectivity index (χ4v) is 3.12. The molecule has 0 aliphatic rings. The highest BCUT2D eigenvalue weighted by atomic mass is 79.9. The summed E-state index contributed by atoms with van der Waals surface area (Å²) in [4.78, 5) is 0. The first kappa shape index (κ1) is 13.6. The second-order valence-corrected chi connectivity index (χ2v) is 6.00. The minimum Gasteiger partial charge on any atom is -0.320 e. The zero-order valence-corrected chi connectivity index (χ0v) is 13.0. The van der Waals surface area contributed by atoms with Gasteiger partial charge in [-0.3, -0.25) is 0 Å². The van der Waals surface area contributed by atoms with Crippen LogP contribution in [0, 0.1) is 0 Å². The second-order valence-electron chi connectivity index (χ2n) is 4.71. The highest BCUT2D eigenvalue weighted by Gasteiger charge is 2.15. The van der Waals surface area contributed by atoms with E-state index in [0.29, 0.717) is 5.02 Å². The summed E-state index contributed by atoms with van der Waals surface area (Å²) >= 11 is 9.64. The monoisotopic (exact) mass is 345 g/mol. The van der Waals surface area contributed by atoms with Gasteiger partial charge in [-0.1, -0.05) is 70.0 Å². The molecule has 1 nitrogen and oxygen atoms in total. The van der Waals surface area contributed by atoms with E-state index in [1.54, 1.807) is 0 Å². The average molecular weight is 347 g/mol. The molecule has 0 fully saturated rings. The van der Waals surface area contributed by atoms with Crippen molar-refractivity contribution >= 4 is 38.3 Å². The Morgan fingerprint density at radius 2 is 1.65 bits per heavy atom. The summed E-state index contributed by atoms with van der Waals surface area (Å²) in [6.07, 6.45) is 0. The molecule has 0 aliphatic carbocycles. The van der Waals surface area contributed by atoms with Gasteiger partial charge in [-0.15, -0.1) is 0 Å². The van der Waals surface area contributed by atoms with Crippen LogP contribution >= 0.6 is 27.5 Å². The van der Waals surface area contributed by atoms with Gasteiger partial charge in [-0.2, -0.15) is 0 Å². The highest BCUT2D eigenvalue weighted by molar-refractivity contribution is 9.10. The maximum Gasteiger partial charge on any atom is 0.0569 e. The molecular formula is C17H13BrClN. The lowest BCUT2D eigenvalue weighted by Gasteiger charge is -2.17. The van der Waals surface area contributed by atoms with E-state index in [1.807, 2.05) is 36.4 Å². The molecule has 0 saturated heterocycles. The molecule has 3 rings (SSSR count). The SMILES string of the molecule is NC(c1cc(Cl)ccc1Br)c1cccc2ccccc12. The standard InChI is InChI=1S/C17H13BrClN/c18-16-9-8-12(19)10-15(16)17(20)14-7-3-5-11-4-1-2-6-13(11)14/h1-10,17H,20H2. The van der Waals surface area contributed by atoms with Gasteiger partial charge in [-0.25, -0.2) is 0 Å². The van der Waals surface area contributed by atoms with Crippen LogP contribution in [-0.2, 0) is 0 Å². The van der Waals surface area contributed by atoms with Crippen LogP contribution in [0.2, 0.25) is 5.02 Å². The minimum atomic E-state index is -0.214. The van der Waals surface area contributed by atoms with E-state index >= 15 is 0 Å². The van der Waals surface area contributed by atoms with Gasteiger partial charge >= 0.3 is 0 Å². The first-order valence-electron chi connectivity index (χ1n) is 6.35. The zero-order valence-electron chi connectivity index (χ0n) is 10.7. The normalized spacial score (nSPS) is 12.6. The summed E-state index contributed by atoms with van der Waals surface area (Å²) in [5.41, 5.74) is 8.56. The van der Waals surface area contributed by atoms with Crippen molar-refractivity contribution in [3.8, 4) is 0 Å². The van der Waals surface area contributed by atoms with E-state index in [4.69, 9.17) is 17.3 Å². The third-order valence-electron chi connectivity index (χ3n) is 3.45. The first-order valence-corrected chi connectivity index (χ1v) is 7.52. The summed E-state index contributed by atoms with van der Waals surface area (Å²) in [5, 5.41) is 3.06. The molecule has 0 heterocycles. The first-order chi connectivity index (χ1) is 9.66. The Morgan fingerprint density at radius 1 is 0.900 bits per heavy atom. The molecular weight excluding hydrogens is 334 g/mol. The number of fused-ring (bicyclic) bond motifs is 1. The Kier molecular flexibility index (Phi) is 3.79. The number of halogens is 2. The minimum absolute atomic E-state index is 0.214. The Labute approximate surface area is 131 Å². The number of benzene rings is 3. The quantitative estimate of drug-likeness (QED) is 0.669. The van der Waals surface area contributed by atoms with E-state index in [2.05, 4.69) is 40.2 Å². The molecule has 0 saturated carbocycles. The number of hydrogen-bond donors (Lipinski definition) is 1. The van der Waals surface area contributed by atoms with Crippen molar-refractivity contribution in [2.24, 2.45) is 5.73 Å². The molecule has 0 radical (unpaired) electrons. The van der Waals surface area contributed by atoms with Crippen LogP contribution in [0.1, 0.15) is 17.2 Å². The van der Waals surface area contributed by atoms with Crippen molar-refractivity contribution in [3.05, 3.63) is 81.3 Å². The van der Waals surface area contributed by atoms with E-state index < -0.39 is 0 Å². The fraction of sp³-hybridized carbons (Fsp3) is 0.0588. The predicted octanol–water partition coefficient (Wildman–Crippen LogP) is 5.30. The van der Waals surface area contributed by atoms with Crippen molar-refractivity contribution in [2.45, 2.75) is 6.04 Å². The molecule has 3 heteroatoms. The van der Waals surface area contributed by atoms with Gasteiger partial charge in [0.15, 0.2) is 0 Å². The van der Waals surface area contributed by atoms with Crippen LogP contribution in [0.3, 0.4) is 0 Å². The van der Waals surface area contributed by atoms with Gasteiger partial charge in [0.05, 0.1) is 6.04 Å². The van der Waals surface area contributed by atoms with Gasteiger partial charge in [0.25, 0.3) is 0 Å². The molecule has 1 unspecified atom stereocenters. The molecule has 100 valence electrons. The van der Waals surface area contributed by atoms with Crippen LogP contribution in [0.4, 0.5) is 0 Å². The van der Waals surface area contributed by atoms with Crippen LogP contribution in [0.25, 0.3) is 10.8 Å². The van der Waals surface area contributed by atoms with Crippen LogP contribution in [-0.4, -0.2) is 0 Å². The third-order valence-corrected chi connectivity index (χ3v) is 4.41. The Balaban J connectivity index is 2.17. The predicted molar refractivity (Wildman–Crippen MR) is 89.1 cm³/mol. The summed E-state index contributed by atoms with van der Waals surface area (Å²) in [7, 11) is 0. The molecule has 0 amide bonds. The number of hydrogen-bond acceptors (Lipinski definition) is 1. The number of rotatable bonds is 2. The summed E-state index contributed by atoms with van der Waals surface area (Å²) in [5.74, 6) is 0. The van der Waals surface area contributed by atoms with Crippen molar-refractivity contribution < 1.29 is 0 Å². The molecule has 0 bridgehead atoms. The molecule has 1 atom stereocenters. The van der Waals surface area contributed by atoms with Crippen LogP contribution < -0.4 is 5.73 Å². The van der Waals surface area contributed by atoms with Crippen molar-refractivity contribution in [1.29, 1.82) is 0 Å². The van der Waals surface area contributed by atoms with E-state index in [1.165, 1.54) is 10.8 Å². The van der Waals surface area contributed by atoms with E-state index in [9.17, 15) is 0 Å². The largest absolute Gasteiger partial charge is 0.320 e. The fourth-order valence-electron chi connectivity index (χ4n) is 2.44. The molecule has 2 N–H and O–H groups in total. The van der Waals surface area contributed by atoms with E-state index in [-0.39, 0.29) is 6.04 Å². The topological polar surface area (TPSA) is 26.0 Å². The zero-order chi connectivity index (χ0) is 14.1. The van der Waals surface area contributed by atoms with Gasteiger partial charge in [-0.05, 0) is 40.1 Å². The Morgan fingerprint density at radius 3 is 2.50 bits per heavy atom. The molecule has 0 aromatic heterocycles. The van der Waals surface area contributed by atoms with Crippen molar-refractivity contribution in [1.82, 2.24) is 0 Å². The molecule has 3 aromatic carbocycles. The van der Waals surface area contributed by atoms with Gasteiger partial charge in [0.2, 0.25) is 0 Å². The lowest BCUT2D eigenvalue weighted by molar-refractivity contribution is 0.875. The second kappa shape index (κ2) is 5.57. The average Bonchev–Trinajstić information content (AvgIpc) is 2.48. The maximum absolute atomic E-state index is 6.46. The number of nitrogens with two attached hydrogens (primary N) is 1. The summed E-state index contributed by atoms with van der Waals surface area (Å²) in [6.45, 7) is 0. The molecule has 0 aliphatic heterocycles. The smallest absolute Gasteiger partial charge is 0.0569 e. The van der Waals surface area contributed by atoms with Crippen LogP contribution in [0.5, 0.6) is 0 Å². The highest BCUT2D eigenvalue weighted by Crippen LogP contribution is 2.32. The lowest BCUT2D eigenvalue weighted by Crippen LogP contribution is -2.13. The summed E-state index contributed by atoms with van der Waals surface area (Å²) < 4.78 is 0.974. The van der Waals surface area contributed by atoms with Gasteiger partial charge in [0.1, 0.15) is 0 Å². The Bertz CT molecular complexity index is 765. The lowest BCUT2D eigenvalue weighted by atomic mass is 9.94. The summed E-state index contributed by atoms with van der Waals surface area (Å²) in [6, 6.07) is 20.0. The molecule has 0 spiro atoms. The van der Waals surface area contributed by atoms with Crippen molar-refractivity contribution in [3.63, 3.8) is 0 Å². The van der Waals surface area contributed by atoms with E-state index in [0.717, 1.165) is 15.6 Å². The maximum atomic E-state index is 6.46. The van der Waals surface area contributed by atoms with Gasteiger partial charge in [0, 0.05) is 9.50 Å². The Hall–Kier alpha value is -1.35. The van der Waals surface area contributed by atoms with Crippen LogP contribution in [0.15, 0.2) is 65.1 Å². The third kappa shape index (κ3) is 2.47.